The Kier molecular flexibility index (Phi) is 4.79. The van der Waals surface area contributed by atoms with Gasteiger partial charge in [0.2, 0.25) is 0 Å². The number of ether oxygens (including phenoxy) is 1. The molecule has 0 radical (unpaired) electrons. The minimum atomic E-state index is -0.241. The van der Waals surface area contributed by atoms with Gasteiger partial charge in [0, 0.05) is 18.3 Å². The van der Waals surface area contributed by atoms with Crippen LogP contribution in [0.4, 0.5) is 5.69 Å². The van der Waals surface area contributed by atoms with E-state index in [0.717, 1.165) is 5.69 Å². The molecule has 2 aromatic rings. The van der Waals surface area contributed by atoms with Crippen LogP contribution in [0.15, 0.2) is 36.4 Å². The third-order valence-electron chi connectivity index (χ3n) is 2.28. The highest BCUT2D eigenvalue weighted by atomic mass is 35.5. The van der Waals surface area contributed by atoms with E-state index in [0.29, 0.717) is 28.1 Å². The van der Waals surface area contributed by atoms with E-state index in [4.69, 9.17) is 22.1 Å². The predicted octanol–water partition coefficient (Wildman–Crippen LogP) is 2.99. The molecule has 0 atom stereocenters. The maximum Gasteiger partial charge on any atom is 0.269 e. The number of benzene rings is 1. The molecule has 1 amide bonds. The smallest absolute Gasteiger partial charge is 0.269 e. The first kappa shape index (κ1) is 13.9. The molecule has 2 rings (SSSR count). The summed E-state index contributed by atoms with van der Waals surface area (Å²) in [6.45, 7) is 0.728. The number of hydrogen-bond donors (Lipinski definition) is 2. The van der Waals surface area contributed by atoms with Gasteiger partial charge in [-0.1, -0.05) is 29.8 Å². The topological polar surface area (TPSA) is 64.3 Å². The molecule has 0 aliphatic carbocycles. The maximum atomic E-state index is 12.1. The van der Waals surface area contributed by atoms with Gasteiger partial charge in [0.1, 0.15) is 17.2 Å². The molecule has 0 aliphatic heterocycles. The number of halogens is 1. The summed E-state index contributed by atoms with van der Waals surface area (Å²) in [5.41, 5.74) is 6.10. The second-order valence-electron chi connectivity index (χ2n) is 3.70. The van der Waals surface area contributed by atoms with Crippen LogP contribution in [0, 0.1) is 0 Å². The second-order valence-corrected chi connectivity index (χ2v) is 5.38. The summed E-state index contributed by atoms with van der Waals surface area (Å²) in [4.78, 5) is 12.6. The van der Waals surface area contributed by atoms with Gasteiger partial charge in [-0.15, -0.1) is 11.3 Å². The highest BCUT2D eigenvalue weighted by molar-refractivity contribution is 7.18. The summed E-state index contributed by atoms with van der Waals surface area (Å²) in [6.07, 6.45) is 0. The average Bonchev–Trinajstić information content (AvgIpc) is 2.79. The molecule has 0 bridgehead atoms. The van der Waals surface area contributed by atoms with E-state index >= 15 is 0 Å². The number of hydrogen-bond acceptors (Lipinski definition) is 4. The van der Waals surface area contributed by atoms with E-state index in [1.165, 1.54) is 11.3 Å². The summed E-state index contributed by atoms with van der Waals surface area (Å²) in [5.74, 6) is 0.226. The normalized spacial score (nSPS) is 10.2. The van der Waals surface area contributed by atoms with E-state index in [-0.39, 0.29) is 5.91 Å². The van der Waals surface area contributed by atoms with E-state index in [9.17, 15) is 4.79 Å². The van der Waals surface area contributed by atoms with Gasteiger partial charge in [0.15, 0.2) is 0 Å². The van der Waals surface area contributed by atoms with Gasteiger partial charge in [-0.25, -0.2) is 0 Å². The zero-order valence-electron chi connectivity index (χ0n) is 10.1. The minimum absolute atomic E-state index is 0.241. The van der Waals surface area contributed by atoms with E-state index in [1.807, 2.05) is 30.3 Å². The molecular formula is C13H13ClN2O2S. The molecule has 0 unspecified atom stereocenters. The van der Waals surface area contributed by atoms with Crippen molar-refractivity contribution < 1.29 is 9.53 Å². The standard InChI is InChI=1S/C13H13ClN2O2S/c14-11-8-10(18-7-6-15)12(19-11)13(17)16-9-4-2-1-3-5-9/h1-5,8H,6-7,15H2,(H,16,17). The van der Waals surface area contributed by atoms with Gasteiger partial charge in [-0.2, -0.15) is 0 Å². The Morgan fingerprint density at radius 2 is 2.11 bits per heavy atom. The number of thiophene rings is 1. The lowest BCUT2D eigenvalue weighted by Crippen LogP contribution is -2.14. The Bertz CT molecular complexity index is 557. The predicted molar refractivity (Wildman–Crippen MR) is 78.3 cm³/mol. The lowest BCUT2D eigenvalue weighted by molar-refractivity contribution is 0.102. The quantitative estimate of drug-likeness (QED) is 0.891. The Morgan fingerprint density at radius 3 is 2.79 bits per heavy atom. The monoisotopic (exact) mass is 296 g/mol. The summed E-state index contributed by atoms with van der Waals surface area (Å²) in [5, 5.41) is 2.79. The van der Waals surface area contributed by atoms with Crippen LogP contribution < -0.4 is 15.8 Å². The Hall–Kier alpha value is -1.56. The van der Waals surface area contributed by atoms with Crippen molar-refractivity contribution in [2.75, 3.05) is 18.5 Å². The van der Waals surface area contributed by atoms with Gasteiger partial charge >= 0.3 is 0 Å². The van der Waals surface area contributed by atoms with Gasteiger partial charge in [0.25, 0.3) is 5.91 Å². The molecule has 1 heterocycles. The van der Waals surface area contributed by atoms with Crippen molar-refractivity contribution in [1.29, 1.82) is 0 Å². The molecule has 6 heteroatoms. The Labute approximate surface area is 120 Å². The van der Waals surface area contributed by atoms with Crippen molar-refractivity contribution >= 4 is 34.5 Å². The SMILES string of the molecule is NCCOc1cc(Cl)sc1C(=O)Nc1ccccc1. The van der Waals surface area contributed by atoms with Crippen LogP contribution in [0.3, 0.4) is 0 Å². The van der Waals surface area contributed by atoms with Gasteiger partial charge in [-0.3, -0.25) is 4.79 Å². The Balaban J connectivity index is 2.14. The third-order valence-corrected chi connectivity index (χ3v) is 3.53. The van der Waals surface area contributed by atoms with Crippen molar-refractivity contribution in [3.63, 3.8) is 0 Å². The van der Waals surface area contributed by atoms with Crippen molar-refractivity contribution in [2.24, 2.45) is 5.73 Å². The van der Waals surface area contributed by atoms with Gasteiger partial charge in [0.05, 0.1) is 4.34 Å². The zero-order valence-corrected chi connectivity index (χ0v) is 11.6. The molecule has 100 valence electrons. The van der Waals surface area contributed by atoms with Crippen molar-refractivity contribution in [3.8, 4) is 5.75 Å². The fourth-order valence-electron chi connectivity index (χ4n) is 1.49. The van der Waals surface area contributed by atoms with Gasteiger partial charge < -0.3 is 15.8 Å². The third kappa shape index (κ3) is 3.70. The Morgan fingerprint density at radius 1 is 1.37 bits per heavy atom. The average molecular weight is 297 g/mol. The molecular weight excluding hydrogens is 284 g/mol. The summed E-state index contributed by atoms with van der Waals surface area (Å²) in [7, 11) is 0. The van der Waals surface area contributed by atoms with E-state index in [2.05, 4.69) is 5.32 Å². The molecule has 19 heavy (non-hydrogen) atoms. The lowest BCUT2D eigenvalue weighted by Gasteiger charge is -2.06. The van der Waals surface area contributed by atoms with Crippen LogP contribution in [-0.2, 0) is 0 Å². The summed E-state index contributed by atoms with van der Waals surface area (Å²) in [6, 6.07) is 10.8. The van der Waals surface area contributed by atoms with E-state index in [1.54, 1.807) is 6.07 Å². The molecule has 1 aromatic carbocycles. The lowest BCUT2D eigenvalue weighted by atomic mass is 10.3. The van der Waals surface area contributed by atoms with Crippen molar-refractivity contribution in [2.45, 2.75) is 0 Å². The van der Waals surface area contributed by atoms with Crippen LogP contribution in [0.5, 0.6) is 5.75 Å². The molecule has 0 saturated carbocycles. The van der Waals surface area contributed by atoms with Crippen LogP contribution in [0.2, 0.25) is 4.34 Å². The van der Waals surface area contributed by atoms with Crippen LogP contribution in [0.1, 0.15) is 9.67 Å². The highest BCUT2D eigenvalue weighted by Gasteiger charge is 2.17. The summed E-state index contributed by atoms with van der Waals surface area (Å²) >= 11 is 7.10. The molecule has 3 N–H and O–H groups in total. The van der Waals surface area contributed by atoms with Crippen LogP contribution in [0.25, 0.3) is 0 Å². The van der Waals surface area contributed by atoms with E-state index < -0.39 is 0 Å². The first-order valence-corrected chi connectivity index (χ1v) is 6.88. The highest BCUT2D eigenvalue weighted by Crippen LogP contribution is 2.33. The maximum absolute atomic E-state index is 12.1. The number of rotatable bonds is 5. The zero-order chi connectivity index (χ0) is 13.7. The molecule has 0 saturated heterocycles. The number of nitrogens with one attached hydrogen (secondary N) is 1. The number of carbonyl (C=O) groups is 1. The fraction of sp³-hybridized carbons (Fsp3) is 0.154. The molecule has 1 aromatic heterocycles. The molecule has 0 fully saturated rings. The second kappa shape index (κ2) is 6.56. The number of carbonyl (C=O) groups excluding carboxylic acids is 1. The number of amides is 1. The summed E-state index contributed by atoms with van der Waals surface area (Å²) < 4.78 is 5.91. The fourth-order valence-corrected chi connectivity index (χ4v) is 2.54. The largest absolute Gasteiger partial charge is 0.490 e. The van der Waals surface area contributed by atoms with Crippen molar-refractivity contribution in [3.05, 3.63) is 45.6 Å². The number of nitrogens with two attached hydrogens (primary N) is 1. The van der Waals surface area contributed by atoms with Crippen LogP contribution >= 0.6 is 22.9 Å². The van der Waals surface area contributed by atoms with Crippen molar-refractivity contribution in [1.82, 2.24) is 0 Å². The van der Waals surface area contributed by atoms with Gasteiger partial charge in [-0.05, 0) is 12.1 Å². The molecule has 4 nitrogen and oxygen atoms in total. The number of para-hydroxylation sites is 1. The molecule has 0 aliphatic rings. The minimum Gasteiger partial charge on any atom is -0.490 e. The first-order valence-electron chi connectivity index (χ1n) is 5.69. The van der Waals surface area contributed by atoms with Crippen LogP contribution in [-0.4, -0.2) is 19.1 Å². The number of anilines is 1. The molecule has 0 spiro atoms. The first-order chi connectivity index (χ1) is 9.20.